The van der Waals surface area contributed by atoms with E-state index in [2.05, 4.69) is 16.0 Å². The maximum Gasteiger partial charge on any atom is 0.315 e. The Morgan fingerprint density at radius 1 is 1.46 bits per heavy atom. The summed E-state index contributed by atoms with van der Waals surface area (Å²) in [5.74, 6) is -0.258. The third kappa shape index (κ3) is 4.17. The Bertz CT molecular complexity index is 664. The zero-order valence-electron chi connectivity index (χ0n) is 13.9. The van der Waals surface area contributed by atoms with Crippen molar-refractivity contribution in [1.29, 1.82) is 5.41 Å². The van der Waals surface area contributed by atoms with Crippen LogP contribution in [-0.4, -0.2) is 40.9 Å². The fraction of sp³-hybridized carbons (Fsp3) is 0.438. The molecule has 1 aromatic rings. The van der Waals surface area contributed by atoms with E-state index in [4.69, 9.17) is 17.0 Å². The number of amides is 3. The molecule has 1 aliphatic rings. The smallest absolute Gasteiger partial charge is 0.315 e. The molecule has 2 rings (SSSR count). The first-order chi connectivity index (χ1) is 11.2. The van der Waals surface area contributed by atoms with E-state index in [0.29, 0.717) is 5.02 Å². The Kier molecular flexibility index (Phi) is 5.33. The molecular formula is C16H22ClN5O2. The van der Waals surface area contributed by atoms with Gasteiger partial charge in [-0.1, -0.05) is 23.7 Å². The summed E-state index contributed by atoms with van der Waals surface area (Å²) in [5.41, 5.74) is -0.221. The van der Waals surface area contributed by atoms with Crippen LogP contribution in [0.1, 0.15) is 26.3 Å². The maximum atomic E-state index is 12.7. The van der Waals surface area contributed by atoms with Gasteiger partial charge < -0.3 is 16.0 Å². The molecule has 0 spiro atoms. The monoisotopic (exact) mass is 351 g/mol. The molecule has 0 radical (unpaired) electrons. The van der Waals surface area contributed by atoms with Crippen molar-refractivity contribution in [1.82, 2.24) is 20.9 Å². The first kappa shape index (κ1) is 18.1. The Morgan fingerprint density at radius 3 is 2.79 bits per heavy atom. The molecule has 8 heteroatoms. The number of urea groups is 1. The van der Waals surface area contributed by atoms with Gasteiger partial charge in [0.2, 0.25) is 0 Å². The van der Waals surface area contributed by atoms with E-state index >= 15 is 0 Å². The number of nitrogens with zero attached hydrogens (tertiary/aromatic N) is 1. The van der Waals surface area contributed by atoms with Crippen LogP contribution < -0.4 is 16.0 Å². The number of rotatable bonds is 5. The largest absolute Gasteiger partial charge is 0.340 e. The van der Waals surface area contributed by atoms with Crippen molar-refractivity contribution in [3.05, 3.63) is 34.9 Å². The van der Waals surface area contributed by atoms with E-state index < -0.39 is 5.54 Å². The van der Waals surface area contributed by atoms with Crippen molar-refractivity contribution < 1.29 is 9.59 Å². The second kappa shape index (κ2) is 7.09. The molecule has 1 aromatic carbocycles. The molecule has 4 N–H and O–H groups in total. The van der Waals surface area contributed by atoms with Crippen molar-refractivity contribution in [3.8, 4) is 0 Å². The Balaban J connectivity index is 2.03. The molecule has 0 aromatic heterocycles. The molecule has 7 nitrogen and oxygen atoms in total. The summed E-state index contributed by atoms with van der Waals surface area (Å²) in [6.45, 7) is 5.70. The van der Waals surface area contributed by atoms with Gasteiger partial charge >= 0.3 is 6.03 Å². The highest BCUT2D eigenvalue weighted by Crippen LogP contribution is 2.20. The minimum Gasteiger partial charge on any atom is -0.340 e. The van der Waals surface area contributed by atoms with Gasteiger partial charge in [0, 0.05) is 11.1 Å². The van der Waals surface area contributed by atoms with Gasteiger partial charge in [0.1, 0.15) is 5.54 Å². The summed E-state index contributed by atoms with van der Waals surface area (Å²) in [6.07, 6.45) is 0. The summed E-state index contributed by atoms with van der Waals surface area (Å²) in [5, 5.41) is 16.8. The van der Waals surface area contributed by atoms with Crippen LogP contribution in [-0.2, 0) is 11.3 Å². The van der Waals surface area contributed by atoms with Crippen LogP contribution in [0, 0.1) is 5.41 Å². The molecular weight excluding hydrogens is 330 g/mol. The van der Waals surface area contributed by atoms with Gasteiger partial charge in [0.25, 0.3) is 5.91 Å². The lowest BCUT2D eigenvalue weighted by molar-refractivity contribution is -0.130. The number of halogens is 1. The van der Waals surface area contributed by atoms with E-state index in [9.17, 15) is 9.59 Å². The Hall–Kier alpha value is -2.28. The quantitative estimate of drug-likeness (QED) is 0.649. The molecule has 24 heavy (non-hydrogen) atoms. The summed E-state index contributed by atoms with van der Waals surface area (Å²) in [4.78, 5) is 25.7. The van der Waals surface area contributed by atoms with Gasteiger partial charge in [-0.15, -0.1) is 0 Å². The van der Waals surface area contributed by atoms with Crippen LogP contribution in [0.5, 0.6) is 0 Å². The highest BCUT2D eigenvalue weighted by Gasteiger charge is 2.46. The van der Waals surface area contributed by atoms with Crippen molar-refractivity contribution in [2.24, 2.45) is 0 Å². The fourth-order valence-corrected chi connectivity index (χ4v) is 2.65. The molecule has 1 saturated heterocycles. The highest BCUT2D eigenvalue weighted by molar-refractivity contribution is 6.30. The van der Waals surface area contributed by atoms with E-state index in [1.54, 1.807) is 25.1 Å². The maximum absolute atomic E-state index is 12.7. The minimum absolute atomic E-state index is 0.00247. The molecule has 0 saturated carbocycles. The lowest BCUT2D eigenvalue weighted by Crippen LogP contribution is -2.55. The van der Waals surface area contributed by atoms with E-state index in [-0.39, 0.29) is 37.0 Å². The van der Waals surface area contributed by atoms with Crippen LogP contribution in [0.4, 0.5) is 4.79 Å². The lowest BCUT2D eigenvalue weighted by atomic mass is 10.0. The number of carbonyl (C=O) groups excluding carboxylic acids is 2. The van der Waals surface area contributed by atoms with Crippen LogP contribution in [0.3, 0.4) is 0 Å². The summed E-state index contributed by atoms with van der Waals surface area (Å²) < 4.78 is 0. The van der Waals surface area contributed by atoms with Crippen LogP contribution >= 0.6 is 11.6 Å². The van der Waals surface area contributed by atoms with Crippen molar-refractivity contribution in [2.75, 3.05) is 6.54 Å². The van der Waals surface area contributed by atoms with Crippen molar-refractivity contribution >= 4 is 29.5 Å². The summed E-state index contributed by atoms with van der Waals surface area (Å²) in [6, 6.07) is 6.81. The Morgan fingerprint density at radius 2 is 2.17 bits per heavy atom. The average molecular weight is 352 g/mol. The summed E-state index contributed by atoms with van der Waals surface area (Å²) >= 11 is 5.96. The predicted molar refractivity (Wildman–Crippen MR) is 92.9 cm³/mol. The second-order valence-corrected chi connectivity index (χ2v) is 6.75. The van der Waals surface area contributed by atoms with E-state index in [0.717, 1.165) is 5.56 Å². The second-order valence-electron chi connectivity index (χ2n) is 6.31. The normalized spacial score (nSPS) is 20.3. The minimum atomic E-state index is -1.05. The van der Waals surface area contributed by atoms with E-state index in [1.807, 2.05) is 19.9 Å². The Labute approximate surface area is 146 Å². The van der Waals surface area contributed by atoms with Crippen LogP contribution in [0.2, 0.25) is 5.02 Å². The topological polar surface area (TPSA) is 97.3 Å². The number of nitrogens with one attached hydrogen (secondary N) is 4. The molecule has 1 aliphatic heterocycles. The van der Waals surface area contributed by atoms with Crippen LogP contribution in [0.15, 0.2) is 24.3 Å². The number of benzene rings is 1. The standard InChI is InChI=1S/C16H22ClN5O2/c1-10(2)20-15(24)19-9-16(3)13(23)22(14(18)21-16)8-11-5-4-6-12(17)7-11/h4-7,10H,8-9H2,1-3H3,(H2,18,21)(H2,19,20,24). The summed E-state index contributed by atoms with van der Waals surface area (Å²) in [7, 11) is 0. The first-order valence-electron chi connectivity index (χ1n) is 7.69. The number of hydrogen-bond donors (Lipinski definition) is 4. The molecule has 1 fully saturated rings. The molecule has 1 atom stereocenters. The van der Waals surface area contributed by atoms with Gasteiger partial charge in [0.15, 0.2) is 5.96 Å². The molecule has 1 heterocycles. The fourth-order valence-electron chi connectivity index (χ4n) is 2.44. The van der Waals surface area contributed by atoms with Gasteiger partial charge in [-0.3, -0.25) is 15.1 Å². The number of carbonyl (C=O) groups is 2. The van der Waals surface area contributed by atoms with Gasteiger partial charge in [0.05, 0.1) is 13.1 Å². The third-order valence-corrected chi connectivity index (χ3v) is 3.87. The zero-order chi connectivity index (χ0) is 17.9. The van der Waals surface area contributed by atoms with Gasteiger partial charge in [-0.2, -0.15) is 0 Å². The lowest BCUT2D eigenvalue weighted by Gasteiger charge is -2.23. The molecule has 130 valence electrons. The number of hydrogen-bond acceptors (Lipinski definition) is 3. The van der Waals surface area contributed by atoms with Gasteiger partial charge in [-0.05, 0) is 38.5 Å². The number of guanidine groups is 1. The average Bonchev–Trinajstić information content (AvgIpc) is 2.69. The van der Waals surface area contributed by atoms with Crippen molar-refractivity contribution in [3.63, 3.8) is 0 Å². The third-order valence-electron chi connectivity index (χ3n) is 3.63. The van der Waals surface area contributed by atoms with Crippen molar-refractivity contribution in [2.45, 2.75) is 38.9 Å². The van der Waals surface area contributed by atoms with E-state index in [1.165, 1.54) is 4.90 Å². The zero-order valence-corrected chi connectivity index (χ0v) is 14.7. The first-order valence-corrected chi connectivity index (χ1v) is 8.06. The molecule has 0 bridgehead atoms. The van der Waals surface area contributed by atoms with Gasteiger partial charge in [-0.25, -0.2) is 4.79 Å². The SMILES string of the molecule is CC(C)NC(=O)NCC1(C)NC(=N)N(Cc2cccc(Cl)c2)C1=O. The molecule has 0 aliphatic carbocycles. The van der Waals surface area contributed by atoms with Crippen LogP contribution in [0.25, 0.3) is 0 Å². The predicted octanol–water partition coefficient (Wildman–Crippen LogP) is 1.67. The highest BCUT2D eigenvalue weighted by atomic mass is 35.5. The molecule has 1 unspecified atom stereocenters. The molecule has 3 amide bonds.